The normalized spacial score (nSPS) is 18.2. The van der Waals surface area contributed by atoms with Crippen molar-refractivity contribution in [3.8, 4) is 0 Å². The summed E-state index contributed by atoms with van der Waals surface area (Å²) in [7, 11) is 0. The number of piperidine rings is 1. The van der Waals surface area contributed by atoms with E-state index in [0.717, 1.165) is 54.3 Å². The number of nitrogens with zero attached hydrogens (tertiary/aromatic N) is 4. The molecule has 0 spiro atoms. The van der Waals surface area contributed by atoms with Crippen LogP contribution in [-0.4, -0.2) is 44.1 Å². The molecule has 3 rings (SSSR count). The maximum atomic E-state index is 12.7. The Morgan fingerprint density at radius 2 is 2.17 bits per heavy atom. The molecule has 1 amide bonds. The van der Waals surface area contributed by atoms with Crippen LogP contribution < -0.4 is 0 Å². The van der Waals surface area contributed by atoms with Crippen LogP contribution in [-0.2, 0) is 11.2 Å². The lowest BCUT2D eigenvalue weighted by molar-refractivity contribution is -0.131. The summed E-state index contributed by atoms with van der Waals surface area (Å²) in [6.45, 7) is 7.40. The molecule has 1 aliphatic heterocycles. The zero-order valence-corrected chi connectivity index (χ0v) is 14.0. The molecule has 2 aromatic rings. The Hall–Kier alpha value is -2.24. The molecule has 6 heteroatoms. The van der Waals surface area contributed by atoms with Gasteiger partial charge in [0.25, 0.3) is 0 Å². The third-order valence-electron chi connectivity index (χ3n) is 4.57. The number of likely N-dealkylation sites (tertiary alicyclic amines) is 1. The van der Waals surface area contributed by atoms with Crippen LogP contribution in [0.1, 0.15) is 47.1 Å². The first-order valence-electron chi connectivity index (χ1n) is 8.11. The van der Waals surface area contributed by atoms with Gasteiger partial charge in [0.05, 0.1) is 23.5 Å². The van der Waals surface area contributed by atoms with Crippen molar-refractivity contribution < 1.29 is 4.79 Å². The second kappa shape index (κ2) is 6.48. The van der Waals surface area contributed by atoms with E-state index in [9.17, 15) is 4.79 Å². The maximum Gasteiger partial charge on any atom is 0.227 e. The number of amides is 1. The summed E-state index contributed by atoms with van der Waals surface area (Å²) in [5, 5.41) is 7.12. The minimum atomic E-state index is 0.169. The molecule has 3 heterocycles. The Morgan fingerprint density at radius 1 is 1.35 bits per heavy atom. The molecule has 0 radical (unpaired) electrons. The highest BCUT2D eigenvalue weighted by Crippen LogP contribution is 2.26. The van der Waals surface area contributed by atoms with Crippen molar-refractivity contribution in [2.45, 2.75) is 46.0 Å². The average Bonchev–Trinajstić information content (AvgIpc) is 2.87. The second-order valence-electron chi connectivity index (χ2n) is 6.35. The monoisotopic (exact) mass is 313 g/mol. The van der Waals surface area contributed by atoms with Gasteiger partial charge in [-0.25, -0.2) is 0 Å². The van der Waals surface area contributed by atoms with Gasteiger partial charge in [-0.1, -0.05) is 0 Å². The Balaban J connectivity index is 1.70. The van der Waals surface area contributed by atoms with Gasteiger partial charge in [0.2, 0.25) is 5.91 Å². The highest BCUT2D eigenvalue weighted by molar-refractivity contribution is 5.79. The lowest BCUT2D eigenvalue weighted by Crippen LogP contribution is -2.40. The summed E-state index contributed by atoms with van der Waals surface area (Å²) < 4.78 is 0. The molecule has 0 bridgehead atoms. The largest absolute Gasteiger partial charge is 0.342 e. The lowest BCUT2D eigenvalue weighted by Gasteiger charge is -2.32. The van der Waals surface area contributed by atoms with E-state index in [-0.39, 0.29) is 11.8 Å². The molecule has 1 N–H and O–H groups in total. The van der Waals surface area contributed by atoms with Crippen LogP contribution in [0.2, 0.25) is 0 Å². The minimum absolute atomic E-state index is 0.169. The van der Waals surface area contributed by atoms with E-state index >= 15 is 0 Å². The molecule has 1 aliphatic rings. The van der Waals surface area contributed by atoms with Crippen LogP contribution >= 0.6 is 0 Å². The molecule has 6 nitrogen and oxygen atoms in total. The van der Waals surface area contributed by atoms with Gasteiger partial charge >= 0.3 is 0 Å². The van der Waals surface area contributed by atoms with E-state index in [1.165, 1.54) is 0 Å². The zero-order valence-electron chi connectivity index (χ0n) is 14.0. The smallest absolute Gasteiger partial charge is 0.227 e. The Morgan fingerprint density at radius 3 is 2.87 bits per heavy atom. The van der Waals surface area contributed by atoms with E-state index in [0.29, 0.717) is 6.42 Å². The number of rotatable bonds is 3. The quantitative estimate of drug-likeness (QED) is 0.941. The number of carbonyl (C=O) groups excluding carboxylic acids is 1. The number of nitrogens with one attached hydrogen (secondary N) is 1. The van der Waals surface area contributed by atoms with Crippen LogP contribution in [0, 0.1) is 20.8 Å². The van der Waals surface area contributed by atoms with E-state index < -0.39 is 0 Å². The number of aromatic nitrogens is 4. The number of aryl methyl sites for hydroxylation is 3. The molecule has 0 aliphatic carbocycles. The summed E-state index contributed by atoms with van der Waals surface area (Å²) >= 11 is 0. The Kier molecular flexibility index (Phi) is 4.41. The Labute approximate surface area is 136 Å². The Bertz CT molecular complexity index is 689. The van der Waals surface area contributed by atoms with Crippen LogP contribution in [0.3, 0.4) is 0 Å². The molecule has 0 unspecified atom stereocenters. The number of aromatic amines is 1. The summed E-state index contributed by atoms with van der Waals surface area (Å²) in [5.74, 6) is 0.453. The van der Waals surface area contributed by atoms with Crippen molar-refractivity contribution in [1.82, 2.24) is 25.1 Å². The van der Waals surface area contributed by atoms with Gasteiger partial charge in [-0.3, -0.25) is 19.9 Å². The second-order valence-corrected chi connectivity index (χ2v) is 6.35. The molecule has 0 aromatic carbocycles. The highest BCUT2D eigenvalue weighted by Gasteiger charge is 2.26. The molecular formula is C17H23N5O. The topological polar surface area (TPSA) is 74.8 Å². The van der Waals surface area contributed by atoms with Crippen LogP contribution in [0.25, 0.3) is 0 Å². The average molecular weight is 313 g/mol. The molecule has 1 fully saturated rings. The van der Waals surface area contributed by atoms with Crippen molar-refractivity contribution in [1.29, 1.82) is 0 Å². The first-order valence-corrected chi connectivity index (χ1v) is 8.11. The maximum absolute atomic E-state index is 12.7. The molecule has 0 saturated carbocycles. The van der Waals surface area contributed by atoms with Crippen LogP contribution in [0.4, 0.5) is 0 Å². The number of hydrogen-bond acceptors (Lipinski definition) is 4. The van der Waals surface area contributed by atoms with Gasteiger partial charge in [-0.15, -0.1) is 0 Å². The minimum Gasteiger partial charge on any atom is -0.342 e. The molecular weight excluding hydrogens is 290 g/mol. The van der Waals surface area contributed by atoms with E-state index in [4.69, 9.17) is 0 Å². The van der Waals surface area contributed by atoms with Gasteiger partial charge in [0, 0.05) is 42.7 Å². The predicted molar refractivity (Wildman–Crippen MR) is 87.1 cm³/mol. The van der Waals surface area contributed by atoms with Crippen molar-refractivity contribution in [3.63, 3.8) is 0 Å². The first kappa shape index (κ1) is 15.6. The number of hydrogen-bond donors (Lipinski definition) is 1. The standard InChI is InChI=1S/C17H23N5O/c1-11-8-18-9-16(19-11)14-5-4-6-22(10-14)17(23)7-15-12(2)20-21-13(15)3/h8-9,14H,4-7,10H2,1-3H3,(H,20,21)/t14-/m0/s1. The molecule has 2 aromatic heterocycles. The molecule has 23 heavy (non-hydrogen) atoms. The SMILES string of the molecule is Cc1cncc([C@H]2CCCN(C(=O)Cc3c(C)n[nH]c3C)C2)n1. The van der Waals surface area contributed by atoms with Gasteiger partial charge < -0.3 is 4.90 Å². The van der Waals surface area contributed by atoms with E-state index in [2.05, 4.69) is 20.2 Å². The number of H-pyrrole nitrogens is 1. The van der Waals surface area contributed by atoms with E-state index in [1.54, 1.807) is 6.20 Å². The summed E-state index contributed by atoms with van der Waals surface area (Å²) in [6, 6.07) is 0. The van der Waals surface area contributed by atoms with Crippen LogP contribution in [0.15, 0.2) is 12.4 Å². The highest BCUT2D eigenvalue weighted by atomic mass is 16.2. The fraction of sp³-hybridized carbons (Fsp3) is 0.529. The van der Waals surface area contributed by atoms with Gasteiger partial charge in [-0.05, 0) is 33.6 Å². The fourth-order valence-corrected chi connectivity index (χ4v) is 3.22. The van der Waals surface area contributed by atoms with Crippen molar-refractivity contribution in [3.05, 3.63) is 40.7 Å². The molecule has 1 atom stereocenters. The fourth-order valence-electron chi connectivity index (χ4n) is 3.22. The van der Waals surface area contributed by atoms with Gasteiger partial charge in [0.1, 0.15) is 0 Å². The zero-order chi connectivity index (χ0) is 16.4. The third kappa shape index (κ3) is 3.41. The number of carbonyl (C=O) groups is 1. The van der Waals surface area contributed by atoms with E-state index in [1.807, 2.05) is 31.9 Å². The molecule has 1 saturated heterocycles. The lowest BCUT2D eigenvalue weighted by atomic mass is 9.94. The van der Waals surface area contributed by atoms with Crippen molar-refractivity contribution in [2.24, 2.45) is 0 Å². The summed E-state index contributed by atoms with van der Waals surface area (Å²) in [6.07, 6.45) is 6.08. The molecule has 122 valence electrons. The van der Waals surface area contributed by atoms with Crippen molar-refractivity contribution in [2.75, 3.05) is 13.1 Å². The van der Waals surface area contributed by atoms with Crippen molar-refractivity contribution >= 4 is 5.91 Å². The predicted octanol–water partition coefficient (Wildman–Crippen LogP) is 2.07. The third-order valence-corrected chi connectivity index (χ3v) is 4.57. The summed E-state index contributed by atoms with van der Waals surface area (Å²) in [4.78, 5) is 23.4. The summed E-state index contributed by atoms with van der Waals surface area (Å²) in [5.41, 5.74) is 4.84. The van der Waals surface area contributed by atoms with Gasteiger partial charge in [-0.2, -0.15) is 5.10 Å². The first-order chi connectivity index (χ1) is 11.0. The van der Waals surface area contributed by atoms with Gasteiger partial charge in [0.15, 0.2) is 0 Å². The van der Waals surface area contributed by atoms with Crippen LogP contribution in [0.5, 0.6) is 0 Å².